The van der Waals surface area contributed by atoms with Gasteiger partial charge in [0.05, 0.1) is 6.21 Å². The first-order chi connectivity index (χ1) is 13.4. The van der Waals surface area contributed by atoms with Crippen molar-refractivity contribution in [1.82, 2.24) is 9.99 Å². The monoisotopic (exact) mass is 377 g/mol. The maximum absolute atomic E-state index is 12.1. The van der Waals surface area contributed by atoms with E-state index in [9.17, 15) is 4.79 Å². The lowest BCUT2D eigenvalue weighted by Gasteiger charge is -2.12. The number of carbonyl (C=O) groups excluding carboxylic acids is 1. The van der Waals surface area contributed by atoms with Crippen LogP contribution < -0.4 is 10.2 Å². The van der Waals surface area contributed by atoms with E-state index in [0.717, 1.165) is 33.5 Å². The summed E-state index contributed by atoms with van der Waals surface area (Å²) in [7, 11) is 2.02. The Hall–Kier alpha value is -3.08. The highest BCUT2D eigenvalue weighted by Crippen LogP contribution is 2.24. The summed E-state index contributed by atoms with van der Waals surface area (Å²) in [6.45, 7) is 8.19. The molecule has 1 heterocycles. The number of fused-ring (bicyclic) bond motifs is 1. The van der Waals surface area contributed by atoms with Crippen molar-refractivity contribution in [2.24, 2.45) is 12.1 Å². The lowest BCUT2D eigenvalue weighted by molar-refractivity contribution is -0.123. The van der Waals surface area contributed by atoms with Crippen molar-refractivity contribution >= 4 is 23.0 Å². The molecule has 146 valence electrons. The number of carbonyl (C=O) groups is 1. The molecule has 0 unspecified atom stereocenters. The normalized spacial score (nSPS) is 11.5. The Balaban J connectivity index is 1.64. The first kappa shape index (κ1) is 19.7. The molecule has 28 heavy (non-hydrogen) atoms. The van der Waals surface area contributed by atoms with Gasteiger partial charge in [-0.1, -0.05) is 44.2 Å². The van der Waals surface area contributed by atoms with Gasteiger partial charge in [0.25, 0.3) is 5.91 Å². The van der Waals surface area contributed by atoms with Gasteiger partial charge in [0.2, 0.25) is 0 Å². The smallest absolute Gasteiger partial charge is 0.277 e. The average Bonchev–Trinajstić information content (AvgIpc) is 2.92. The number of hydrogen-bond acceptors (Lipinski definition) is 3. The standard InChI is InChI=1S/C23H27N3O2/c1-15(2)18-11-10-16(3)22(12-18)28-14-23(27)25-24-13-20-17(4)26(5)21-9-7-6-8-19(20)21/h6-13,15H,14H2,1-5H3,(H,25,27)/b24-13+. The summed E-state index contributed by atoms with van der Waals surface area (Å²) in [5, 5.41) is 5.24. The van der Waals surface area contributed by atoms with Crippen LogP contribution in [0.25, 0.3) is 10.9 Å². The summed E-state index contributed by atoms with van der Waals surface area (Å²) in [6, 6.07) is 14.2. The zero-order chi connectivity index (χ0) is 20.3. The van der Waals surface area contributed by atoms with Crippen LogP contribution in [0.1, 0.15) is 42.1 Å². The third kappa shape index (κ3) is 4.09. The molecule has 1 amide bonds. The van der Waals surface area contributed by atoms with Gasteiger partial charge in [-0.3, -0.25) is 4.79 Å². The molecule has 1 aromatic heterocycles. The molecule has 0 radical (unpaired) electrons. The second-order valence-corrected chi connectivity index (χ2v) is 7.34. The highest BCUT2D eigenvalue weighted by Gasteiger charge is 2.10. The number of hydrogen-bond donors (Lipinski definition) is 1. The molecule has 1 N–H and O–H groups in total. The Morgan fingerprint density at radius 1 is 1.21 bits per heavy atom. The summed E-state index contributed by atoms with van der Waals surface area (Å²) >= 11 is 0. The van der Waals surface area contributed by atoms with Crippen molar-refractivity contribution in [2.45, 2.75) is 33.6 Å². The molecular formula is C23H27N3O2. The van der Waals surface area contributed by atoms with E-state index in [-0.39, 0.29) is 12.5 Å². The van der Waals surface area contributed by atoms with Crippen LogP contribution in [0.4, 0.5) is 0 Å². The summed E-state index contributed by atoms with van der Waals surface area (Å²) in [5.41, 5.74) is 7.98. The molecule has 0 atom stereocenters. The molecule has 5 heteroatoms. The van der Waals surface area contributed by atoms with Crippen LogP contribution in [0.15, 0.2) is 47.6 Å². The first-order valence-electron chi connectivity index (χ1n) is 9.47. The van der Waals surface area contributed by atoms with Crippen molar-refractivity contribution in [3.8, 4) is 5.75 Å². The SMILES string of the molecule is Cc1ccc(C(C)C)cc1OCC(=O)N/N=C/c1c(C)n(C)c2ccccc12. The number of ether oxygens (including phenoxy) is 1. The van der Waals surface area contributed by atoms with Crippen LogP contribution in [0.2, 0.25) is 0 Å². The molecule has 0 saturated carbocycles. The van der Waals surface area contributed by atoms with Crippen LogP contribution >= 0.6 is 0 Å². The summed E-state index contributed by atoms with van der Waals surface area (Å²) in [4.78, 5) is 12.1. The predicted molar refractivity (Wildman–Crippen MR) is 114 cm³/mol. The number of aryl methyl sites for hydroxylation is 2. The molecule has 0 aliphatic heterocycles. The first-order valence-corrected chi connectivity index (χ1v) is 9.47. The Bertz CT molecular complexity index is 1030. The molecule has 3 aromatic rings. The fourth-order valence-electron chi connectivity index (χ4n) is 3.19. The number of amides is 1. The van der Waals surface area contributed by atoms with Gasteiger partial charge >= 0.3 is 0 Å². The van der Waals surface area contributed by atoms with Crippen LogP contribution in [0, 0.1) is 13.8 Å². The lowest BCUT2D eigenvalue weighted by Crippen LogP contribution is -2.24. The number of nitrogens with zero attached hydrogens (tertiary/aromatic N) is 2. The fraction of sp³-hybridized carbons (Fsp3) is 0.304. The third-order valence-electron chi connectivity index (χ3n) is 5.07. The van der Waals surface area contributed by atoms with E-state index in [0.29, 0.717) is 5.92 Å². The van der Waals surface area contributed by atoms with Crippen molar-refractivity contribution in [3.63, 3.8) is 0 Å². The number of benzene rings is 2. The van der Waals surface area contributed by atoms with Crippen LogP contribution in [0.5, 0.6) is 5.75 Å². The molecule has 2 aromatic carbocycles. The van der Waals surface area contributed by atoms with Crippen molar-refractivity contribution in [2.75, 3.05) is 6.61 Å². The second kappa shape index (κ2) is 8.30. The van der Waals surface area contributed by atoms with Crippen LogP contribution in [-0.2, 0) is 11.8 Å². The van der Waals surface area contributed by atoms with Crippen molar-refractivity contribution in [3.05, 3.63) is 64.8 Å². The molecule has 0 aliphatic carbocycles. The molecule has 0 aliphatic rings. The van der Waals surface area contributed by atoms with Crippen LogP contribution in [0.3, 0.4) is 0 Å². The Morgan fingerprint density at radius 3 is 2.71 bits per heavy atom. The minimum atomic E-state index is -0.288. The van der Waals surface area contributed by atoms with Gasteiger partial charge in [0, 0.05) is 29.2 Å². The zero-order valence-electron chi connectivity index (χ0n) is 17.1. The van der Waals surface area contributed by atoms with Gasteiger partial charge < -0.3 is 9.30 Å². The molecule has 0 bridgehead atoms. The fourth-order valence-corrected chi connectivity index (χ4v) is 3.19. The van der Waals surface area contributed by atoms with E-state index >= 15 is 0 Å². The quantitative estimate of drug-likeness (QED) is 0.510. The number of hydrazone groups is 1. The summed E-state index contributed by atoms with van der Waals surface area (Å²) in [5.74, 6) is 0.851. The molecule has 0 fully saturated rings. The number of nitrogens with one attached hydrogen (secondary N) is 1. The summed E-state index contributed by atoms with van der Waals surface area (Å²) in [6.07, 6.45) is 1.69. The molecule has 5 nitrogen and oxygen atoms in total. The number of para-hydroxylation sites is 1. The highest BCUT2D eigenvalue weighted by atomic mass is 16.5. The Labute approximate surface area is 166 Å². The largest absolute Gasteiger partial charge is 0.483 e. The van der Waals surface area contributed by atoms with Gasteiger partial charge in [-0.2, -0.15) is 5.10 Å². The topological polar surface area (TPSA) is 55.6 Å². The van der Waals surface area contributed by atoms with E-state index in [1.807, 2.05) is 45.2 Å². The number of rotatable bonds is 6. The molecular weight excluding hydrogens is 350 g/mol. The van der Waals surface area contributed by atoms with Crippen molar-refractivity contribution < 1.29 is 9.53 Å². The zero-order valence-corrected chi connectivity index (χ0v) is 17.1. The minimum Gasteiger partial charge on any atom is -0.483 e. The predicted octanol–water partition coefficient (Wildman–Crippen LogP) is 4.45. The van der Waals surface area contributed by atoms with Crippen LogP contribution in [-0.4, -0.2) is 23.3 Å². The molecule has 0 saturated heterocycles. The van der Waals surface area contributed by atoms with Gasteiger partial charge in [0.1, 0.15) is 5.75 Å². The lowest BCUT2D eigenvalue weighted by atomic mass is 10.0. The molecule has 0 spiro atoms. The number of aromatic nitrogens is 1. The van der Waals surface area contributed by atoms with Gasteiger partial charge in [-0.05, 0) is 43.0 Å². The van der Waals surface area contributed by atoms with Crippen molar-refractivity contribution in [1.29, 1.82) is 0 Å². The van der Waals surface area contributed by atoms with E-state index in [1.54, 1.807) is 6.21 Å². The molecule has 3 rings (SSSR count). The summed E-state index contributed by atoms with van der Waals surface area (Å²) < 4.78 is 7.82. The Morgan fingerprint density at radius 2 is 1.96 bits per heavy atom. The van der Waals surface area contributed by atoms with Gasteiger partial charge in [-0.15, -0.1) is 0 Å². The second-order valence-electron chi connectivity index (χ2n) is 7.34. The van der Waals surface area contributed by atoms with E-state index in [2.05, 4.69) is 47.1 Å². The Kier molecular flexibility index (Phi) is 5.83. The van der Waals surface area contributed by atoms with Gasteiger partial charge in [0.15, 0.2) is 6.61 Å². The van der Waals surface area contributed by atoms with E-state index in [4.69, 9.17) is 4.74 Å². The average molecular weight is 377 g/mol. The van der Waals surface area contributed by atoms with Gasteiger partial charge in [-0.25, -0.2) is 5.43 Å². The minimum absolute atomic E-state index is 0.0752. The van der Waals surface area contributed by atoms with E-state index in [1.165, 1.54) is 5.56 Å². The maximum Gasteiger partial charge on any atom is 0.277 e. The maximum atomic E-state index is 12.1. The van der Waals surface area contributed by atoms with E-state index < -0.39 is 0 Å². The third-order valence-corrected chi connectivity index (χ3v) is 5.07. The highest BCUT2D eigenvalue weighted by molar-refractivity contribution is 6.01.